The number of hydrogen-bond acceptors (Lipinski definition) is 5. The van der Waals surface area contributed by atoms with Crippen LogP contribution in [0.25, 0.3) is 10.2 Å². The molecule has 0 saturated heterocycles. The molecule has 2 aromatic heterocycles. The van der Waals surface area contributed by atoms with E-state index in [4.69, 9.17) is 23.2 Å². The number of carbonyl (C=O) groups is 1. The molecule has 2 heterocycles. The number of H-pyrrole nitrogens is 1. The van der Waals surface area contributed by atoms with Gasteiger partial charge in [-0.2, -0.15) is 0 Å². The number of aromatic amines is 1. The number of hydrogen-bond donors (Lipinski definition) is 2. The standard InChI is InChI=1S/C16H13Cl2N3O2S2/c1-7-8(2)25-15-13(7)14(23)20-16(21-15)24-6-12(22)19-11-5-9(17)3-4-10(11)18/h3-5H,6H2,1-2H3,(H,19,22)(H,20,21,23). The van der Waals surface area contributed by atoms with Crippen molar-refractivity contribution in [2.24, 2.45) is 0 Å². The van der Waals surface area contributed by atoms with Crippen molar-refractivity contribution < 1.29 is 4.79 Å². The van der Waals surface area contributed by atoms with E-state index in [-0.39, 0.29) is 17.2 Å². The Balaban J connectivity index is 1.73. The van der Waals surface area contributed by atoms with Crippen LogP contribution in [0.2, 0.25) is 10.0 Å². The van der Waals surface area contributed by atoms with E-state index in [9.17, 15) is 9.59 Å². The van der Waals surface area contributed by atoms with E-state index in [2.05, 4.69) is 15.3 Å². The lowest BCUT2D eigenvalue weighted by Crippen LogP contribution is -2.15. The number of anilines is 1. The normalized spacial score (nSPS) is 11.0. The first-order valence-electron chi connectivity index (χ1n) is 7.23. The van der Waals surface area contributed by atoms with Crippen LogP contribution in [0.5, 0.6) is 0 Å². The molecule has 1 amide bonds. The summed E-state index contributed by atoms with van der Waals surface area (Å²) in [4.78, 5) is 33.2. The van der Waals surface area contributed by atoms with Gasteiger partial charge in [0.05, 0.1) is 21.8 Å². The summed E-state index contributed by atoms with van der Waals surface area (Å²) in [5, 5.41) is 4.60. The zero-order valence-electron chi connectivity index (χ0n) is 13.3. The van der Waals surface area contributed by atoms with Crippen LogP contribution in [0.3, 0.4) is 0 Å². The molecule has 0 unspecified atom stereocenters. The van der Waals surface area contributed by atoms with Gasteiger partial charge in [-0.1, -0.05) is 35.0 Å². The van der Waals surface area contributed by atoms with Gasteiger partial charge in [0, 0.05) is 9.90 Å². The minimum absolute atomic E-state index is 0.0840. The summed E-state index contributed by atoms with van der Waals surface area (Å²) in [6.07, 6.45) is 0. The van der Waals surface area contributed by atoms with Gasteiger partial charge >= 0.3 is 0 Å². The molecule has 0 fully saturated rings. The van der Waals surface area contributed by atoms with Crippen molar-refractivity contribution in [3.05, 3.63) is 49.0 Å². The highest BCUT2D eigenvalue weighted by molar-refractivity contribution is 7.99. The van der Waals surface area contributed by atoms with Crippen molar-refractivity contribution in [1.29, 1.82) is 0 Å². The fraction of sp³-hybridized carbons (Fsp3) is 0.188. The molecule has 2 N–H and O–H groups in total. The van der Waals surface area contributed by atoms with Gasteiger partial charge in [0.15, 0.2) is 5.16 Å². The molecule has 0 aliphatic rings. The smallest absolute Gasteiger partial charge is 0.260 e. The summed E-state index contributed by atoms with van der Waals surface area (Å²) in [5.41, 5.74) is 1.20. The molecule has 0 saturated carbocycles. The van der Waals surface area contributed by atoms with Crippen molar-refractivity contribution >= 4 is 68.1 Å². The lowest BCUT2D eigenvalue weighted by molar-refractivity contribution is -0.113. The molecule has 130 valence electrons. The highest BCUT2D eigenvalue weighted by Gasteiger charge is 2.13. The minimum Gasteiger partial charge on any atom is -0.324 e. The Bertz CT molecular complexity index is 1030. The minimum atomic E-state index is -0.268. The van der Waals surface area contributed by atoms with Crippen LogP contribution in [-0.2, 0) is 4.79 Å². The first-order chi connectivity index (χ1) is 11.8. The summed E-state index contributed by atoms with van der Waals surface area (Å²) in [6.45, 7) is 3.86. The number of aromatic nitrogens is 2. The third-order valence-corrected chi connectivity index (χ3v) is 6.10. The number of thioether (sulfide) groups is 1. The molecule has 3 rings (SSSR count). The molecule has 0 radical (unpaired) electrons. The summed E-state index contributed by atoms with van der Waals surface area (Å²) < 4.78 is 0. The number of rotatable bonds is 4. The van der Waals surface area contributed by atoms with Gasteiger partial charge in [-0.15, -0.1) is 11.3 Å². The quantitative estimate of drug-likeness (QED) is 0.482. The van der Waals surface area contributed by atoms with Crippen LogP contribution in [0.4, 0.5) is 5.69 Å². The van der Waals surface area contributed by atoms with E-state index >= 15 is 0 Å². The Hall–Kier alpha value is -1.54. The topological polar surface area (TPSA) is 74.8 Å². The number of nitrogens with zero attached hydrogens (tertiary/aromatic N) is 1. The zero-order valence-corrected chi connectivity index (χ0v) is 16.4. The summed E-state index contributed by atoms with van der Waals surface area (Å²) in [7, 11) is 0. The molecule has 3 aromatic rings. The predicted octanol–water partition coefficient (Wildman–Crippen LogP) is 4.64. The monoisotopic (exact) mass is 413 g/mol. The molecule has 9 heteroatoms. The van der Waals surface area contributed by atoms with Crippen molar-refractivity contribution in [1.82, 2.24) is 9.97 Å². The molecular formula is C16H13Cl2N3O2S2. The maximum atomic E-state index is 12.2. The first kappa shape index (κ1) is 18.3. The number of halogens is 2. The number of nitrogens with one attached hydrogen (secondary N) is 2. The Morgan fingerprint density at radius 2 is 2.12 bits per heavy atom. The number of amides is 1. The second-order valence-electron chi connectivity index (χ2n) is 5.30. The van der Waals surface area contributed by atoms with E-state index in [0.717, 1.165) is 22.2 Å². The van der Waals surface area contributed by atoms with Crippen LogP contribution < -0.4 is 10.9 Å². The van der Waals surface area contributed by atoms with Gasteiger partial charge < -0.3 is 10.3 Å². The van der Waals surface area contributed by atoms with E-state index in [1.807, 2.05) is 13.8 Å². The molecule has 25 heavy (non-hydrogen) atoms. The number of fused-ring (bicyclic) bond motifs is 1. The lowest BCUT2D eigenvalue weighted by Gasteiger charge is -2.07. The maximum Gasteiger partial charge on any atom is 0.260 e. The van der Waals surface area contributed by atoms with Gasteiger partial charge in [-0.3, -0.25) is 9.59 Å². The van der Waals surface area contributed by atoms with E-state index in [1.54, 1.807) is 18.2 Å². The number of thiophene rings is 1. The fourth-order valence-corrected chi connectivity index (χ4v) is 4.30. The van der Waals surface area contributed by atoms with Gasteiger partial charge in [0.25, 0.3) is 5.56 Å². The van der Waals surface area contributed by atoms with Crippen LogP contribution in [0.1, 0.15) is 10.4 Å². The average Bonchev–Trinajstić information content (AvgIpc) is 2.84. The highest BCUT2D eigenvalue weighted by atomic mass is 35.5. The van der Waals surface area contributed by atoms with E-state index in [1.165, 1.54) is 11.3 Å². The largest absolute Gasteiger partial charge is 0.324 e. The van der Waals surface area contributed by atoms with Gasteiger partial charge in [-0.25, -0.2) is 4.98 Å². The summed E-state index contributed by atoms with van der Waals surface area (Å²) in [5.74, 6) is -0.184. The van der Waals surface area contributed by atoms with E-state index < -0.39 is 0 Å². The molecule has 0 atom stereocenters. The third kappa shape index (κ3) is 4.00. The summed E-state index contributed by atoms with van der Waals surface area (Å²) in [6, 6.07) is 4.83. The second-order valence-corrected chi connectivity index (χ2v) is 8.31. The number of carbonyl (C=O) groups excluding carboxylic acids is 1. The van der Waals surface area contributed by atoms with Gasteiger partial charge in [0.1, 0.15) is 4.83 Å². The lowest BCUT2D eigenvalue weighted by atomic mass is 10.2. The SMILES string of the molecule is Cc1sc2nc(SCC(=O)Nc3cc(Cl)ccc3Cl)[nH]c(=O)c2c1C. The molecule has 5 nitrogen and oxygen atoms in total. The Kier molecular flexibility index (Phi) is 5.38. The Morgan fingerprint density at radius 3 is 2.88 bits per heavy atom. The predicted molar refractivity (Wildman–Crippen MR) is 106 cm³/mol. The third-order valence-electron chi connectivity index (χ3n) is 3.56. The first-order valence-corrected chi connectivity index (χ1v) is 9.78. The van der Waals surface area contributed by atoms with Gasteiger partial charge in [-0.05, 0) is 37.6 Å². The van der Waals surface area contributed by atoms with Crippen LogP contribution in [-0.4, -0.2) is 21.6 Å². The second kappa shape index (κ2) is 7.37. The molecule has 0 bridgehead atoms. The Morgan fingerprint density at radius 1 is 1.36 bits per heavy atom. The van der Waals surface area contributed by atoms with Crippen molar-refractivity contribution in [3.63, 3.8) is 0 Å². The molecule has 1 aromatic carbocycles. The average molecular weight is 414 g/mol. The highest BCUT2D eigenvalue weighted by Crippen LogP contribution is 2.28. The molecule has 0 aliphatic carbocycles. The van der Waals surface area contributed by atoms with Crippen molar-refractivity contribution in [3.8, 4) is 0 Å². The summed E-state index contributed by atoms with van der Waals surface area (Å²) >= 11 is 14.5. The van der Waals surface area contributed by atoms with Gasteiger partial charge in [0.2, 0.25) is 5.91 Å². The Labute approximate surface area is 161 Å². The fourth-order valence-electron chi connectivity index (χ4n) is 2.22. The van der Waals surface area contributed by atoms with Crippen LogP contribution in [0, 0.1) is 13.8 Å². The van der Waals surface area contributed by atoms with Crippen molar-refractivity contribution in [2.45, 2.75) is 19.0 Å². The number of aryl methyl sites for hydroxylation is 2. The number of benzene rings is 1. The van der Waals surface area contributed by atoms with Crippen LogP contribution in [0.15, 0.2) is 28.2 Å². The molecule has 0 spiro atoms. The molecular weight excluding hydrogens is 401 g/mol. The van der Waals surface area contributed by atoms with Crippen LogP contribution >= 0.6 is 46.3 Å². The van der Waals surface area contributed by atoms with Crippen molar-refractivity contribution in [2.75, 3.05) is 11.1 Å². The van der Waals surface area contributed by atoms with E-state index in [0.29, 0.717) is 31.1 Å². The zero-order chi connectivity index (χ0) is 18.1. The maximum absolute atomic E-state index is 12.2. The molecule has 0 aliphatic heterocycles.